The zero-order valence-corrected chi connectivity index (χ0v) is 17.5. The molecule has 1 aromatic carbocycles. The zero-order chi connectivity index (χ0) is 20.3. The first-order valence-corrected chi connectivity index (χ1v) is 10.4. The van der Waals surface area contributed by atoms with Gasteiger partial charge in [-0.1, -0.05) is 42.8 Å². The van der Waals surface area contributed by atoms with Crippen LogP contribution in [0.2, 0.25) is 0 Å². The lowest BCUT2D eigenvalue weighted by Gasteiger charge is -2.10. The Morgan fingerprint density at radius 2 is 1.86 bits per heavy atom. The van der Waals surface area contributed by atoms with E-state index < -0.39 is 0 Å². The number of H-pyrrole nitrogens is 1. The van der Waals surface area contributed by atoms with Gasteiger partial charge in [0.15, 0.2) is 10.9 Å². The lowest BCUT2D eigenvalue weighted by molar-refractivity contribution is 0.102. The van der Waals surface area contributed by atoms with Crippen molar-refractivity contribution in [2.75, 3.05) is 5.75 Å². The first kappa shape index (κ1) is 20.1. The molecule has 146 valence electrons. The number of Topliss-reactive ketones (excluding diaryl/α,β-unsaturated/α-hetero) is 1. The average Bonchev–Trinajstić information content (AvgIpc) is 2.95. The number of nitrogens with one attached hydrogen (secondary N) is 1. The third-order valence-corrected chi connectivity index (χ3v) is 5.52. The minimum atomic E-state index is -0.175. The highest BCUT2D eigenvalue weighted by Crippen LogP contribution is 2.23. The fourth-order valence-electron chi connectivity index (χ4n) is 3.28. The molecule has 0 fully saturated rings. The molecule has 0 unspecified atom stereocenters. The zero-order valence-electron chi connectivity index (χ0n) is 16.7. The SMILES string of the molecule is CCCc1cc(=O)[nH]c(SCC(=O)c2cc(C)n(-c3ccc(C)cc3)c2C)n1. The molecule has 1 N–H and O–H groups in total. The van der Waals surface area contributed by atoms with Crippen molar-refractivity contribution in [3.63, 3.8) is 0 Å². The van der Waals surface area contributed by atoms with E-state index in [1.165, 1.54) is 23.4 Å². The van der Waals surface area contributed by atoms with Crippen LogP contribution in [0, 0.1) is 20.8 Å². The van der Waals surface area contributed by atoms with Crippen LogP contribution in [0.3, 0.4) is 0 Å². The van der Waals surface area contributed by atoms with Crippen LogP contribution < -0.4 is 5.56 Å². The number of benzene rings is 1. The Hall–Kier alpha value is -2.60. The van der Waals surface area contributed by atoms with Gasteiger partial charge in [0.05, 0.1) is 5.75 Å². The Kier molecular flexibility index (Phi) is 6.19. The normalized spacial score (nSPS) is 11.0. The number of carbonyl (C=O) groups excluding carboxylic acids is 1. The number of aromatic amines is 1. The van der Waals surface area contributed by atoms with E-state index in [0.717, 1.165) is 35.6 Å². The fraction of sp³-hybridized carbons (Fsp3) is 0.318. The second kappa shape index (κ2) is 8.61. The monoisotopic (exact) mass is 395 g/mol. The smallest absolute Gasteiger partial charge is 0.251 e. The summed E-state index contributed by atoms with van der Waals surface area (Å²) in [5, 5.41) is 0.497. The van der Waals surface area contributed by atoms with Gasteiger partial charge in [-0.15, -0.1) is 0 Å². The Labute approximate surface area is 169 Å². The molecule has 0 aliphatic carbocycles. The molecular weight excluding hydrogens is 370 g/mol. The summed E-state index contributed by atoms with van der Waals surface area (Å²) >= 11 is 1.27. The van der Waals surface area contributed by atoms with E-state index in [9.17, 15) is 9.59 Å². The molecule has 0 spiro atoms. The quantitative estimate of drug-likeness (QED) is 0.365. The van der Waals surface area contributed by atoms with E-state index in [1.54, 1.807) is 0 Å². The third-order valence-electron chi connectivity index (χ3n) is 4.64. The predicted molar refractivity (Wildman–Crippen MR) is 114 cm³/mol. The molecule has 3 rings (SSSR count). The summed E-state index contributed by atoms with van der Waals surface area (Å²) in [5.41, 5.74) is 5.48. The molecule has 2 heterocycles. The molecule has 0 atom stereocenters. The number of rotatable bonds is 7. The first-order chi connectivity index (χ1) is 13.4. The molecule has 0 aliphatic heterocycles. The highest BCUT2D eigenvalue weighted by molar-refractivity contribution is 7.99. The lowest BCUT2D eigenvalue weighted by Crippen LogP contribution is -2.11. The number of nitrogens with zero attached hydrogens (tertiary/aromatic N) is 2. The number of carbonyl (C=O) groups is 1. The van der Waals surface area contributed by atoms with Gasteiger partial charge in [-0.3, -0.25) is 9.59 Å². The van der Waals surface area contributed by atoms with E-state index in [2.05, 4.69) is 45.7 Å². The van der Waals surface area contributed by atoms with Gasteiger partial charge in [0.2, 0.25) is 0 Å². The van der Waals surface area contributed by atoms with Gasteiger partial charge in [0, 0.05) is 34.4 Å². The van der Waals surface area contributed by atoms with Crippen molar-refractivity contribution in [3.05, 3.63) is 75.0 Å². The molecule has 0 bridgehead atoms. The van der Waals surface area contributed by atoms with E-state index >= 15 is 0 Å². The third kappa shape index (κ3) is 4.44. The standard InChI is InChI=1S/C22H25N3O2S/c1-5-6-17-12-21(27)24-22(23-17)28-13-20(26)19-11-15(3)25(16(19)4)18-9-7-14(2)8-10-18/h7-12H,5-6,13H2,1-4H3,(H,23,24,27). The first-order valence-electron chi connectivity index (χ1n) is 9.41. The molecule has 0 aliphatic rings. The summed E-state index contributed by atoms with van der Waals surface area (Å²) in [6.07, 6.45) is 1.67. The van der Waals surface area contributed by atoms with Crippen molar-refractivity contribution >= 4 is 17.5 Å². The number of hydrogen-bond acceptors (Lipinski definition) is 4. The van der Waals surface area contributed by atoms with Crippen molar-refractivity contribution in [3.8, 4) is 5.69 Å². The molecule has 28 heavy (non-hydrogen) atoms. The molecular formula is C22H25N3O2S. The predicted octanol–water partition coefficient (Wildman–Crippen LogP) is 4.41. The molecule has 0 saturated heterocycles. The van der Waals surface area contributed by atoms with Gasteiger partial charge in [-0.2, -0.15) is 0 Å². The molecule has 0 saturated carbocycles. The van der Waals surface area contributed by atoms with Crippen LogP contribution in [0.1, 0.15) is 46.3 Å². The summed E-state index contributed by atoms with van der Waals surface area (Å²) in [4.78, 5) is 31.8. The Bertz CT molecular complexity index is 1050. The summed E-state index contributed by atoms with van der Waals surface area (Å²) in [5.74, 6) is 0.261. The van der Waals surface area contributed by atoms with Crippen LogP contribution in [0.4, 0.5) is 0 Å². The summed E-state index contributed by atoms with van der Waals surface area (Å²) in [7, 11) is 0. The number of ketones is 1. The van der Waals surface area contributed by atoms with Crippen molar-refractivity contribution in [1.29, 1.82) is 0 Å². The highest BCUT2D eigenvalue weighted by Gasteiger charge is 2.17. The van der Waals surface area contributed by atoms with Gasteiger partial charge in [-0.05, 0) is 45.4 Å². The number of aromatic nitrogens is 3. The van der Waals surface area contributed by atoms with Crippen LogP contribution in [0.15, 0.2) is 46.3 Å². The molecule has 0 radical (unpaired) electrons. The van der Waals surface area contributed by atoms with E-state index in [0.29, 0.717) is 10.7 Å². The van der Waals surface area contributed by atoms with Crippen molar-refractivity contribution in [1.82, 2.24) is 14.5 Å². The minimum Gasteiger partial charge on any atom is -0.318 e. The van der Waals surface area contributed by atoms with Crippen molar-refractivity contribution in [2.24, 2.45) is 0 Å². The maximum Gasteiger partial charge on any atom is 0.251 e. The van der Waals surface area contributed by atoms with Gasteiger partial charge in [0.25, 0.3) is 5.56 Å². The van der Waals surface area contributed by atoms with Gasteiger partial charge < -0.3 is 9.55 Å². The summed E-state index contributed by atoms with van der Waals surface area (Å²) in [6, 6.07) is 11.7. The molecule has 5 nitrogen and oxygen atoms in total. The molecule has 3 aromatic rings. The van der Waals surface area contributed by atoms with Gasteiger partial charge >= 0.3 is 0 Å². The largest absolute Gasteiger partial charge is 0.318 e. The van der Waals surface area contributed by atoms with Crippen LogP contribution >= 0.6 is 11.8 Å². The van der Waals surface area contributed by atoms with E-state index in [-0.39, 0.29) is 17.1 Å². The van der Waals surface area contributed by atoms with Gasteiger partial charge in [0.1, 0.15) is 0 Å². The van der Waals surface area contributed by atoms with Crippen LogP contribution in [-0.2, 0) is 6.42 Å². The number of aryl methyl sites for hydroxylation is 3. The fourth-order valence-corrected chi connectivity index (χ4v) is 4.06. The Balaban J connectivity index is 1.79. The Morgan fingerprint density at radius 1 is 1.14 bits per heavy atom. The molecule has 6 heteroatoms. The number of thioether (sulfide) groups is 1. The summed E-state index contributed by atoms with van der Waals surface area (Å²) < 4.78 is 2.10. The maximum absolute atomic E-state index is 12.8. The molecule has 0 amide bonds. The number of hydrogen-bond donors (Lipinski definition) is 1. The second-order valence-electron chi connectivity index (χ2n) is 6.96. The van der Waals surface area contributed by atoms with Crippen LogP contribution in [0.25, 0.3) is 5.69 Å². The molecule has 2 aromatic heterocycles. The topological polar surface area (TPSA) is 67.8 Å². The van der Waals surface area contributed by atoms with Crippen LogP contribution in [0.5, 0.6) is 0 Å². The van der Waals surface area contributed by atoms with E-state index in [1.807, 2.05) is 26.8 Å². The second-order valence-corrected chi connectivity index (χ2v) is 7.92. The van der Waals surface area contributed by atoms with Crippen molar-refractivity contribution in [2.45, 2.75) is 45.7 Å². The minimum absolute atomic E-state index is 0.0278. The maximum atomic E-state index is 12.8. The highest BCUT2D eigenvalue weighted by atomic mass is 32.2. The lowest BCUT2D eigenvalue weighted by atomic mass is 10.2. The van der Waals surface area contributed by atoms with Crippen molar-refractivity contribution < 1.29 is 4.79 Å². The average molecular weight is 396 g/mol. The van der Waals surface area contributed by atoms with Crippen LogP contribution in [-0.4, -0.2) is 26.1 Å². The Morgan fingerprint density at radius 3 is 2.54 bits per heavy atom. The van der Waals surface area contributed by atoms with Gasteiger partial charge in [-0.25, -0.2) is 4.98 Å². The summed E-state index contributed by atoms with van der Waals surface area (Å²) in [6.45, 7) is 8.07. The van der Waals surface area contributed by atoms with E-state index in [4.69, 9.17) is 0 Å².